The number of rotatable bonds is 7. The number of hydrogen-bond donors (Lipinski definition) is 1. The Kier molecular flexibility index (Phi) is 7.11. The topological polar surface area (TPSA) is 80.8 Å². The van der Waals surface area contributed by atoms with Crippen molar-refractivity contribution < 1.29 is 19.1 Å². The number of benzene rings is 2. The van der Waals surface area contributed by atoms with Crippen LogP contribution in [-0.4, -0.2) is 49.0 Å². The number of aryl methyl sites for hydroxylation is 1. The molecule has 0 bridgehead atoms. The number of carbonyl (C=O) groups excluding carboxylic acids is 2. The first kappa shape index (κ1) is 23.3. The van der Waals surface area contributed by atoms with E-state index in [0.717, 1.165) is 16.8 Å². The van der Waals surface area contributed by atoms with Crippen molar-refractivity contribution in [2.45, 2.75) is 19.4 Å². The molecule has 1 N–H and O–H groups in total. The van der Waals surface area contributed by atoms with E-state index in [-0.39, 0.29) is 17.7 Å². The number of nitrogens with one attached hydrogen (secondary N) is 1. The van der Waals surface area contributed by atoms with Gasteiger partial charge in [0.15, 0.2) is 11.5 Å². The minimum atomic E-state index is -0.445. The molecule has 3 aromatic rings. The molecule has 0 radical (unpaired) electrons. The number of para-hydroxylation sites is 1. The summed E-state index contributed by atoms with van der Waals surface area (Å²) in [5.41, 5.74) is 3.32. The second-order valence-electron chi connectivity index (χ2n) is 8.41. The highest BCUT2D eigenvalue weighted by atomic mass is 16.5. The van der Waals surface area contributed by atoms with E-state index in [1.165, 1.54) is 0 Å². The summed E-state index contributed by atoms with van der Waals surface area (Å²) >= 11 is 0. The van der Waals surface area contributed by atoms with Crippen molar-refractivity contribution in [2.24, 2.45) is 5.92 Å². The highest BCUT2D eigenvalue weighted by Gasteiger charge is 2.42. The Morgan fingerprint density at radius 3 is 2.47 bits per heavy atom. The Morgan fingerprint density at radius 2 is 1.79 bits per heavy atom. The van der Waals surface area contributed by atoms with Crippen molar-refractivity contribution in [3.05, 3.63) is 89.2 Å². The van der Waals surface area contributed by atoms with Crippen LogP contribution in [0.5, 0.6) is 11.5 Å². The fourth-order valence-electron chi connectivity index (χ4n) is 4.44. The number of amides is 2. The third-order valence-corrected chi connectivity index (χ3v) is 6.25. The summed E-state index contributed by atoms with van der Waals surface area (Å²) in [7, 11) is 3.17. The quantitative estimate of drug-likeness (QED) is 0.584. The maximum absolute atomic E-state index is 13.4. The van der Waals surface area contributed by atoms with Gasteiger partial charge in [0.1, 0.15) is 0 Å². The van der Waals surface area contributed by atoms with Gasteiger partial charge in [0.2, 0.25) is 5.91 Å². The molecule has 0 saturated carbocycles. The van der Waals surface area contributed by atoms with Crippen molar-refractivity contribution in [1.29, 1.82) is 0 Å². The molecular formula is C27H29N3O4. The van der Waals surface area contributed by atoms with Crippen molar-refractivity contribution in [3.63, 3.8) is 0 Å². The molecule has 1 aliphatic heterocycles. The maximum Gasteiger partial charge on any atom is 0.253 e. The molecule has 1 aliphatic rings. The van der Waals surface area contributed by atoms with Gasteiger partial charge in [-0.15, -0.1) is 0 Å². The molecule has 2 aromatic carbocycles. The summed E-state index contributed by atoms with van der Waals surface area (Å²) in [6, 6.07) is 18.7. The molecule has 0 unspecified atom stereocenters. The van der Waals surface area contributed by atoms with E-state index >= 15 is 0 Å². The Labute approximate surface area is 199 Å². The second kappa shape index (κ2) is 10.4. The van der Waals surface area contributed by atoms with Gasteiger partial charge in [-0.05, 0) is 37.3 Å². The van der Waals surface area contributed by atoms with E-state index < -0.39 is 5.92 Å². The minimum absolute atomic E-state index is 0.0908. The van der Waals surface area contributed by atoms with Crippen molar-refractivity contribution in [2.75, 3.05) is 27.3 Å². The van der Waals surface area contributed by atoms with Crippen LogP contribution >= 0.6 is 0 Å². The lowest BCUT2D eigenvalue weighted by atomic mass is 9.87. The van der Waals surface area contributed by atoms with Gasteiger partial charge in [0.05, 0.1) is 32.4 Å². The van der Waals surface area contributed by atoms with Crippen molar-refractivity contribution >= 4 is 11.8 Å². The van der Waals surface area contributed by atoms with Gasteiger partial charge < -0.3 is 19.7 Å². The highest BCUT2D eigenvalue weighted by molar-refractivity contribution is 5.95. The summed E-state index contributed by atoms with van der Waals surface area (Å²) < 4.78 is 11.1. The zero-order chi connectivity index (χ0) is 24.1. The number of methoxy groups -OCH3 is 2. The van der Waals surface area contributed by atoms with E-state index in [2.05, 4.69) is 10.3 Å². The zero-order valence-electron chi connectivity index (χ0n) is 19.7. The molecule has 2 amide bonds. The summed E-state index contributed by atoms with van der Waals surface area (Å²) in [5, 5.41) is 3.00. The molecule has 1 saturated heterocycles. The molecule has 2 atom stereocenters. The Balaban J connectivity index is 1.62. The largest absolute Gasteiger partial charge is 0.493 e. The van der Waals surface area contributed by atoms with Crippen LogP contribution in [0.1, 0.15) is 33.1 Å². The Morgan fingerprint density at radius 1 is 1.00 bits per heavy atom. The number of ether oxygens (including phenoxy) is 2. The lowest BCUT2D eigenvalue weighted by molar-refractivity contribution is -0.125. The lowest BCUT2D eigenvalue weighted by Crippen LogP contribution is -2.35. The highest BCUT2D eigenvalue weighted by Crippen LogP contribution is 2.42. The van der Waals surface area contributed by atoms with Crippen molar-refractivity contribution in [3.8, 4) is 11.5 Å². The van der Waals surface area contributed by atoms with Gasteiger partial charge in [0.25, 0.3) is 5.91 Å². The number of pyridine rings is 1. The van der Waals surface area contributed by atoms with Crippen molar-refractivity contribution in [1.82, 2.24) is 15.2 Å². The normalized spacial score (nSPS) is 17.3. The SMILES string of the molecule is COc1cccc([C@H]2CN(C(=O)c3ccc(C)cc3)C[C@H]2C(=O)NCc2ccccn2)c1OC. The first-order valence-corrected chi connectivity index (χ1v) is 11.3. The van der Waals surface area contributed by atoms with Crippen LogP contribution in [0.4, 0.5) is 0 Å². The van der Waals surface area contributed by atoms with Gasteiger partial charge >= 0.3 is 0 Å². The summed E-state index contributed by atoms with van der Waals surface area (Å²) in [4.78, 5) is 32.7. The monoisotopic (exact) mass is 459 g/mol. The molecule has 7 nitrogen and oxygen atoms in total. The van der Waals surface area contributed by atoms with E-state index in [4.69, 9.17) is 9.47 Å². The molecule has 1 aromatic heterocycles. The summed E-state index contributed by atoms with van der Waals surface area (Å²) in [6.07, 6.45) is 1.70. The van der Waals surface area contributed by atoms with Gasteiger partial charge in [-0.25, -0.2) is 0 Å². The van der Waals surface area contributed by atoms with Crippen LogP contribution in [-0.2, 0) is 11.3 Å². The molecule has 2 heterocycles. The van der Waals surface area contributed by atoms with E-state index in [9.17, 15) is 9.59 Å². The van der Waals surface area contributed by atoms with Crippen LogP contribution in [0.25, 0.3) is 0 Å². The molecule has 7 heteroatoms. The molecule has 34 heavy (non-hydrogen) atoms. The van der Waals surface area contributed by atoms with E-state index in [1.807, 2.05) is 67.6 Å². The predicted octanol–water partition coefficient (Wildman–Crippen LogP) is 3.58. The first-order chi connectivity index (χ1) is 16.5. The lowest BCUT2D eigenvalue weighted by Gasteiger charge is -2.21. The molecule has 176 valence electrons. The Bertz CT molecular complexity index is 1150. The maximum atomic E-state index is 13.4. The molecule has 1 fully saturated rings. The Hall–Kier alpha value is -3.87. The average Bonchev–Trinajstić information content (AvgIpc) is 3.32. The zero-order valence-corrected chi connectivity index (χ0v) is 19.7. The minimum Gasteiger partial charge on any atom is -0.493 e. The van der Waals surface area contributed by atoms with Gasteiger partial charge in [-0.3, -0.25) is 14.6 Å². The van der Waals surface area contributed by atoms with Crippen LogP contribution < -0.4 is 14.8 Å². The van der Waals surface area contributed by atoms with Crippen LogP contribution in [0, 0.1) is 12.8 Å². The number of aromatic nitrogens is 1. The fraction of sp³-hybridized carbons (Fsp3) is 0.296. The average molecular weight is 460 g/mol. The second-order valence-corrected chi connectivity index (χ2v) is 8.41. The fourth-order valence-corrected chi connectivity index (χ4v) is 4.44. The smallest absolute Gasteiger partial charge is 0.253 e. The van der Waals surface area contributed by atoms with Crippen LogP contribution in [0.15, 0.2) is 66.9 Å². The number of likely N-dealkylation sites (tertiary alicyclic amines) is 1. The molecule has 4 rings (SSSR count). The van der Waals surface area contributed by atoms with Crippen LogP contribution in [0.2, 0.25) is 0 Å². The van der Waals surface area contributed by atoms with Gasteiger partial charge in [-0.1, -0.05) is 35.9 Å². The first-order valence-electron chi connectivity index (χ1n) is 11.3. The molecule has 0 aliphatic carbocycles. The third-order valence-electron chi connectivity index (χ3n) is 6.25. The number of carbonyl (C=O) groups is 2. The third kappa shape index (κ3) is 4.88. The number of nitrogens with zero attached hydrogens (tertiary/aromatic N) is 2. The standard InChI is InChI=1S/C27H29N3O4/c1-18-10-12-19(13-11-18)27(32)30-16-22(21-8-6-9-24(33-2)25(21)34-3)23(17-30)26(31)29-15-20-7-4-5-14-28-20/h4-14,22-23H,15-17H2,1-3H3,(H,29,31)/t22-,23-/m1/s1. The molecule has 0 spiro atoms. The summed E-state index contributed by atoms with van der Waals surface area (Å²) in [5.74, 6) is 0.270. The van der Waals surface area contributed by atoms with Gasteiger partial charge in [0, 0.05) is 36.3 Å². The predicted molar refractivity (Wildman–Crippen MR) is 129 cm³/mol. The van der Waals surface area contributed by atoms with E-state index in [0.29, 0.717) is 36.7 Å². The van der Waals surface area contributed by atoms with Gasteiger partial charge in [-0.2, -0.15) is 0 Å². The molecular weight excluding hydrogens is 430 g/mol. The van der Waals surface area contributed by atoms with E-state index in [1.54, 1.807) is 25.3 Å². The summed E-state index contributed by atoms with van der Waals surface area (Å²) in [6.45, 7) is 3.02. The van der Waals surface area contributed by atoms with Crippen LogP contribution in [0.3, 0.4) is 0 Å². The number of hydrogen-bond acceptors (Lipinski definition) is 5.